The normalized spacial score (nSPS) is 3.25. The molecule has 0 fully saturated rings. The van der Waals surface area contributed by atoms with E-state index in [1.54, 1.807) is 4.99 Å². The molecule has 0 aromatic rings. The van der Waals surface area contributed by atoms with Crippen molar-refractivity contribution in [1.82, 2.24) is 0 Å². The Kier molecular flexibility index (Phi) is 20.1. The molecule has 0 heterocycles. The van der Waals surface area contributed by atoms with Gasteiger partial charge in [-0.05, 0) is 4.99 Å². The molecular weight excluding hydrogens is 254 g/mol. The van der Waals surface area contributed by atoms with Crippen LogP contribution in [-0.2, 0) is 0 Å². The maximum atomic E-state index is 3.28. The second-order valence-corrected chi connectivity index (χ2v) is 0.802. The predicted octanol–water partition coefficient (Wildman–Crippen LogP) is 1.52. The summed E-state index contributed by atoms with van der Waals surface area (Å²) in [5.74, 6) is 0. The average Bonchev–Trinajstić information content (AvgIpc) is 0.918. The molecule has 0 aliphatic heterocycles. The van der Waals surface area contributed by atoms with E-state index >= 15 is 0 Å². The first-order valence-corrected chi connectivity index (χ1v) is 1.54. The minimum absolute atomic E-state index is 0. The third-order valence-corrected chi connectivity index (χ3v) is 0. The van der Waals surface area contributed by atoms with Crippen LogP contribution in [-0.4, -0.2) is 0 Å². The molecule has 0 radical (unpaired) electrons. The van der Waals surface area contributed by atoms with Gasteiger partial charge >= 0.3 is 0 Å². The molecule has 0 rings (SSSR count). The summed E-state index contributed by atoms with van der Waals surface area (Å²) in [5.41, 5.74) is 0. The molecule has 0 aromatic heterocycles. The molecule has 0 amide bonds. The van der Waals surface area contributed by atoms with Crippen LogP contribution >= 0.6 is 15.9 Å². The maximum absolute atomic E-state index is 3.28. The van der Waals surface area contributed by atoms with Crippen molar-refractivity contribution in [3.63, 3.8) is 0 Å². The van der Waals surface area contributed by atoms with Crippen molar-refractivity contribution in [3.8, 4) is 0 Å². The number of rotatable bonds is 0. The molecule has 0 aliphatic rings. The molecule has 2 heteroatoms. The Morgan fingerprint density at radius 3 is 1.75 bits per heavy atom. The molecule has 4 heavy (non-hydrogen) atoms. The van der Waals surface area contributed by atoms with Gasteiger partial charge in [0.05, 0.1) is 0 Å². The van der Waals surface area contributed by atoms with Gasteiger partial charge in [-0.15, -0.1) is 0 Å². The largest absolute Gasteiger partial charge is 0.0921 e. The van der Waals surface area contributed by atoms with Crippen LogP contribution < -0.4 is 0 Å². The van der Waals surface area contributed by atoms with Crippen molar-refractivity contribution in [2.45, 2.75) is 0 Å². The fraction of sp³-hybridized carbons (Fsp3) is 0. The van der Waals surface area contributed by atoms with Crippen LogP contribution in [0.3, 0.4) is 0 Å². The molecule has 0 N–H and O–H groups in total. The summed E-state index contributed by atoms with van der Waals surface area (Å²) in [7, 11) is 0. The zero-order chi connectivity index (χ0) is 2.71. The number of hydrogen-bond donors (Lipinski definition) is 0. The van der Waals surface area contributed by atoms with E-state index < -0.39 is 0 Å². The first-order valence-electron chi connectivity index (χ1n) is 0.626. The number of hydrogen-bond acceptors (Lipinski definition) is 0. The molecule has 0 bridgehead atoms. The van der Waals surface area contributed by atoms with Crippen LogP contribution in [0.2, 0.25) is 0 Å². The Morgan fingerprint density at radius 1 is 1.75 bits per heavy atom. The van der Waals surface area contributed by atoms with Gasteiger partial charge < -0.3 is 0 Å². The van der Waals surface area contributed by atoms with Crippen molar-refractivity contribution < 1.29 is 40.4 Å². The quantitative estimate of drug-likeness (QED) is 0.617. The van der Waals surface area contributed by atoms with Crippen LogP contribution in [0.1, 0.15) is 0 Å². The van der Waals surface area contributed by atoms with Gasteiger partial charge in [-0.2, -0.15) is 0 Å². The Bertz CT molecular complexity index is 13.5. The van der Waals surface area contributed by atoms with E-state index in [2.05, 4.69) is 22.5 Å². The Morgan fingerprint density at radius 2 is 1.75 bits per heavy atom. The van der Waals surface area contributed by atoms with Gasteiger partial charge in [0.2, 0.25) is 0 Å². The van der Waals surface area contributed by atoms with Gasteiger partial charge in [-0.3, -0.25) is 0 Å². The van der Waals surface area contributed by atoms with Crippen molar-refractivity contribution in [2.24, 2.45) is 0 Å². The molecule has 0 unspecified atom stereocenters. The molecule has 24 valence electrons. The van der Waals surface area contributed by atoms with E-state index in [1.165, 1.54) is 0 Å². The molecule has 0 saturated carbocycles. The summed E-state index contributed by atoms with van der Waals surface area (Å²) in [4.78, 5) is 1.56. The molecule has 0 nitrogen and oxygen atoms in total. The van der Waals surface area contributed by atoms with Crippen molar-refractivity contribution in [3.05, 3.63) is 11.6 Å². The van der Waals surface area contributed by atoms with Gasteiger partial charge in [-0.25, -0.2) is 0 Å². The van der Waals surface area contributed by atoms with Gasteiger partial charge in [0, 0.05) is 40.4 Å². The maximum Gasteiger partial charge on any atom is 0 e. The molecule has 0 atom stereocenters. The first kappa shape index (κ1) is 9.12. The number of halogens is 1. The third-order valence-electron chi connectivity index (χ3n) is 0. The second kappa shape index (κ2) is 8.82. The van der Waals surface area contributed by atoms with E-state index in [1.807, 2.05) is 0 Å². The molecule has 0 saturated heterocycles. The van der Waals surface area contributed by atoms with Crippen molar-refractivity contribution in [2.75, 3.05) is 0 Å². The average molecular weight is 257 g/mol. The summed E-state index contributed by atoms with van der Waals surface area (Å²) in [6.07, 6.45) is 0. The Labute approximate surface area is 66.9 Å². The monoisotopic (exact) mass is 258 g/mol. The fourth-order valence-electron chi connectivity index (χ4n) is 0. The summed E-state index contributed by atoms with van der Waals surface area (Å²) >= 11 is 2.91. The third kappa shape index (κ3) is 9.59. The Balaban J connectivity index is 0. The van der Waals surface area contributed by atoms with Crippen LogP contribution in [0.25, 0.3) is 0 Å². The predicted molar refractivity (Wildman–Crippen MR) is 19.1 cm³/mol. The van der Waals surface area contributed by atoms with E-state index in [0.29, 0.717) is 0 Å². The summed E-state index contributed by atoms with van der Waals surface area (Å²) in [5, 5.41) is 0. The SMILES string of the molecule is C=CBr.[Sm]. The first-order chi connectivity index (χ1) is 1.41. The van der Waals surface area contributed by atoms with Gasteiger partial charge in [-0.1, -0.05) is 22.5 Å². The molecule has 0 aliphatic carbocycles. The van der Waals surface area contributed by atoms with Crippen molar-refractivity contribution >= 4 is 15.9 Å². The minimum Gasteiger partial charge on any atom is -0.0921 e. The molecule has 0 aromatic carbocycles. The van der Waals surface area contributed by atoms with Gasteiger partial charge in [0.25, 0.3) is 0 Å². The topological polar surface area (TPSA) is 0 Å². The van der Waals surface area contributed by atoms with Crippen LogP contribution in [0.4, 0.5) is 0 Å². The zero-order valence-corrected chi connectivity index (χ0v) is 6.28. The Hall–Kier alpha value is 1.56. The fourth-order valence-corrected chi connectivity index (χ4v) is 0. The van der Waals surface area contributed by atoms with E-state index in [4.69, 9.17) is 0 Å². The van der Waals surface area contributed by atoms with Crippen LogP contribution in [0.15, 0.2) is 11.6 Å². The van der Waals surface area contributed by atoms with Crippen LogP contribution in [0, 0.1) is 40.4 Å². The minimum atomic E-state index is 0. The standard InChI is InChI=1S/C2H3Br.Sm/c1-2-3;/h2H,1H2;. The van der Waals surface area contributed by atoms with Gasteiger partial charge in [0.15, 0.2) is 0 Å². The second-order valence-electron chi connectivity index (χ2n) is 0.154. The summed E-state index contributed by atoms with van der Waals surface area (Å²) in [6, 6.07) is 0. The summed E-state index contributed by atoms with van der Waals surface area (Å²) < 4.78 is 0. The van der Waals surface area contributed by atoms with E-state index in [0.717, 1.165) is 0 Å². The van der Waals surface area contributed by atoms with E-state index in [-0.39, 0.29) is 40.4 Å². The summed E-state index contributed by atoms with van der Waals surface area (Å²) in [6.45, 7) is 3.28. The molecule has 0 spiro atoms. The zero-order valence-electron chi connectivity index (χ0n) is 2.07. The van der Waals surface area contributed by atoms with Gasteiger partial charge in [0.1, 0.15) is 0 Å². The van der Waals surface area contributed by atoms with E-state index in [9.17, 15) is 0 Å². The van der Waals surface area contributed by atoms with Crippen LogP contribution in [0.5, 0.6) is 0 Å². The smallest absolute Gasteiger partial charge is 0 e. The van der Waals surface area contributed by atoms with Crippen molar-refractivity contribution in [1.29, 1.82) is 0 Å². The molecular formula is C2H3BrSm.